The second-order valence-corrected chi connectivity index (χ2v) is 2.25. The smallest absolute Gasteiger partial charge is 0.350 e. The van der Waals surface area contributed by atoms with Crippen LogP contribution in [0.1, 0.15) is 23.7 Å². The molecule has 1 heterocycles. The predicted octanol–water partition coefficient (Wildman–Crippen LogP) is 0.938. The van der Waals surface area contributed by atoms with Crippen molar-refractivity contribution in [3.63, 3.8) is 0 Å². The van der Waals surface area contributed by atoms with E-state index in [9.17, 15) is 9.59 Å². The summed E-state index contributed by atoms with van der Waals surface area (Å²) in [5.41, 5.74) is -1.05. The van der Waals surface area contributed by atoms with Gasteiger partial charge in [-0.3, -0.25) is 4.79 Å². The van der Waals surface area contributed by atoms with E-state index in [1.807, 2.05) is 0 Å². The molecule has 0 bridgehead atoms. The van der Waals surface area contributed by atoms with E-state index in [-0.39, 0.29) is 17.7 Å². The van der Waals surface area contributed by atoms with Crippen molar-refractivity contribution >= 4 is 5.78 Å². The summed E-state index contributed by atoms with van der Waals surface area (Å²) in [7, 11) is 0. The summed E-state index contributed by atoms with van der Waals surface area (Å²) in [4.78, 5) is 21.9. The van der Waals surface area contributed by atoms with Gasteiger partial charge < -0.3 is 9.52 Å². The molecule has 0 saturated heterocycles. The van der Waals surface area contributed by atoms with Crippen LogP contribution < -0.4 is 5.63 Å². The Labute approximate surface area is 68.4 Å². The van der Waals surface area contributed by atoms with Crippen LogP contribution >= 0.6 is 0 Å². The predicted molar refractivity (Wildman–Crippen MR) is 41.3 cm³/mol. The van der Waals surface area contributed by atoms with Crippen LogP contribution in [0.15, 0.2) is 21.5 Å². The average molecular weight is 168 g/mol. The van der Waals surface area contributed by atoms with Crippen LogP contribution in [0.3, 0.4) is 0 Å². The van der Waals surface area contributed by atoms with E-state index >= 15 is 0 Å². The van der Waals surface area contributed by atoms with Gasteiger partial charge in [-0.05, 0) is 0 Å². The number of Topliss-reactive ketones (excluding diaryl/α,β-unsaturated/α-hetero) is 1. The van der Waals surface area contributed by atoms with Gasteiger partial charge in [-0.25, -0.2) is 4.79 Å². The van der Waals surface area contributed by atoms with Crippen molar-refractivity contribution in [3.05, 3.63) is 28.3 Å². The maximum Gasteiger partial charge on any atom is 0.350 e. The zero-order chi connectivity index (χ0) is 9.14. The first-order valence-corrected chi connectivity index (χ1v) is 3.50. The third-order valence-corrected chi connectivity index (χ3v) is 1.46. The normalized spacial score (nSPS) is 9.75. The van der Waals surface area contributed by atoms with Crippen LogP contribution in [-0.4, -0.2) is 10.9 Å². The van der Waals surface area contributed by atoms with E-state index < -0.39 is 11.4 Å². The maximum absolute atomic E-state index is 11.0. The minimum atomic E-state index is -0.790. The SMILES string of the molecule is CCC(=O)c1c(O)ccoc1=O. The quantitative estimate of drug-likeness (QED) is 0.667. The van der Waals surface area contributed by atoms with Gasteiger partial charge in [-0.2, -0.15) is 0 Å². The third kappa shape index (κ3) is 1.37. The van der Waals surface area contributed by atoms with E-state index in [1.165, 1.54) is 6.07 Å². The summed E-state index contributed by atoms with van der Waals surface area (Å²) in [6.45, 7) is 1.61. The molecule has 0 aromatic carbocycles. The van der Waals surface area contributed by atoms with E-state index in [4.69, 9.17) is 5.11 Å². The first-order valence-electron chi connectivity index (χ1n) is 3.50. The van der Waals surface area contributed by atoms with Crippen LogP contribution in [0.2, 0.25) is 0 Å². The summed E-state index contributed by atoms with van der Waals surface area (Å²) >= 11 is 0. The lowest BCUT2D eigenvalue weighted by atomic mass is 10.1. The lowest BCUT2D eigenvalue weighted by molar-refractivity contribution is 0.0981. The fourth-order valence-electron chi connectivity index (χ4n) is 0.841. The highest BCUT2D eigenvalue weighted by molar-refractivity contribution is 5.97. The van der Waals surface area contributed by atoms with E-state index in [0.717, 1.165) is 6.26 Å². The maximum atomic E-state index is 11.0. The molecule has 1 aromatic heterocycles. The van der Waals surface area contributed by atoms with Crippen LogP contribution in [0.4, 0.5) is 0 Å². The molecule has 4 nitrogen and oxygen atoms in total. The number of ketones is 1. The topological polar surface area (TPSA) is 67.5 Å². The fraction of sp³-hybridized carbons (Fsp3) is 0.250. The highest BCUT2D eigenvalue weighted by atomic mass is 16.4. The molecular formula is C8H8O4. The molecule has 0 aliphatic carbocycles. The second kappa shape index (κ2) is 3.21. The molecule has 0 amide bonds. The van der Waals surface area contributed by atoms with E-state index in [2.05, 4.69) is 4.42 Å². The number of carbonyl (C=O) groups excluding carboxylic acids is 1. The van der Waals surface area contributed by atoms with Gasteiger partial charge in [-0.1, -0.05) is 6.92 Å². The molecule has 0 atom stereocenters. The molecule has 0 aliphatic heterocycles. The fourth-order valence-corrected chi connectivity index (χ4v) is 0.841. The molecule has 64 valence electrons. The molecule has 0 saturated carbocycles. The second-order valence-electron chi connectivity index (χ2n) is 2.25. The Balaban J connectivity index is 3.31. The summed E-state index contributed by atoms with van der Waals surface area (Å²) in [6.07, 6.45) is 1.21. The summed E-state index contributed by atoms with van der Waals surface area (Å²) in [6, 6.07) is 1.17. The molecule has 0 unspecified atom stereocenters. The van der Waals surface area contributed by atoms with Gasteiger partial charge in [0.25, 0.3) is 0 Å². The monoisotopic (exact) mass is 168 g/mol. The number of aromatic hydroxyl groups is 1. The summed E-state index contributed by atoms with van der Waals surface area (Å²) < 4.78 is 4.43. The van der Waals surface area contributed by atoms with Crippen molar-refractivity contribution in [2.24, 2.45) is 0 Å². The number of rotatable bonds is 2. The third-order valence-electron chi connectivity index (χ3n) is 1.46. The molecular weight excluding hydrogens is 160 g/mol. The van der Waals surface area contributed by atoms with Crippen LogP contribution in [0.25, 0.3) is 0 Å². The number of hydrogen-bond acceptors (Lipinski definition) is 4. The first-order chi connectivity index (χ1) is 5.66. The molecule has 0 fully saturated rings. The molecule has 12 heavy (non-hydrogen) atoms. The average Bonchev–Trinajstić information content (AvgIpc) is 2.03. The lowest BCUT2D eigenvalue weighted by Gasteiger charge is -1.97. The number of carbonyl (C=O) groups is 1. The molecule has 0 radical (unpaired) electrons. The molecule has 1 aromatic rings. The highest BCUT2D eigenvalue weighted by Gasteiger charge is 2.14. The van der Waals surface area contributed by atoms with E-state index in [1.54, 1.807) is 6.92 Å². The standard InChI is InChI=1S/C8H8O4/c1-2-5(9)7-6(10)3-4-12-8(7)11/h3-4,10H,2H2,1H3. The van der Waals surface area contributed by atoms with Crippen molar-refractivity contribution in [2.45, 2.75) is 13.3 Å². The van der Waals surface area contributed by atoms with Gasteiger partial charge in [0.05, 0.1) is 6.26 Å². The van der Waals surface area contributed by atoms with Crippen LogP contribution in [0.5, 0.6) is 5.75 Å². The Morgan fingerprint density at radius 3 is 2.83 bits per heavy atom. The largest absolute Gasteiger partial charge is 0.507 e. The summed E-state index contributed by atoms with van der Waals surface area (Å²) in [5.74, 6) is -0.736. The van der Waals surface area contributed by atoms with Gasteiger partial charge in [0.2, 0.25) is 0 Å². The van der Waals surface area contributed by atoms with Crippen LogP contribution in [0, 0.1) is 0 Å². The first kappa shape index (κ1) is 8.52. The number of hydrogen-bond donors (Lipinski definition) is 1. The molecule has 0 spiro atoms. The Kier molecular flexibility index (Phi) is 2.28. The van der Waals surface area contributed by atoms with Crippen molar-refractivity contribution in [1.29, 1.82) is 0 Å². The zero-order valence-electron chi connectivity index (χ0n) is 6.53. The minimum absolute atomic E-state index is 0.169. The van der Waals surface area contributed by atoms with Crippen molar-refractivity contribution in [2.75, 3.05) is 0 Å². The summed E-state index contributed by atoms with van der Waals surface area (Å²) in [5, 5.41) is 9.11. The van der Waals surface area contributed by atoms with Gasteiger partial charge >= 0.3 is 5.63 Å². The van der Waals surface area contributed by atoms with Crippen molar-refractivity contribution < 1.29 is 14.3 Å². The Hall–Kier alpha value is -1.58. The highest BCUT2D eigenvalue weighted by Crippen LogP contribution is 2.12. The van der Waals surface area contributed by atoms with Gasteiger partial charge in [-0.15, -0.1) is 0 Å². The van der Waals surface area contributed by atoms with Crippen LogP contribution in [-0.2, 0) is 0 Å². The van der Waals surface area contributed by atoms with Gasteiger partial charge in [0.1, 0.15) is 11.3 Å². The van der Waals surface area contributed by atoms with E-state index in [0.29, 0.717) is 0 Å². The lowest BCUT2D eigenvalue weighted by Crippen LogP contribution is -2.12. The van der Waals surface area contributed by atoms with Gasteiger partial charge in [0, 0.05) is 12.5 Å². The Morgan fingerprint density at radius 1 is 1.67 bits per heavy atom. The molecule has 1 N–H and O–H groups in total. The molecule has 4 heteroatoms. The Morgan fingerprint density at radius 2 is 2.33 bits per heavy atom. The minimum Gasteiger partial charge on any atom is -0.507 e. The van der Waals surface area contributed by atoms with Gasteiger partial charge in [0.15, 0.2) is 5.78 Å². The zero-order valence-corrected chi connectivity index (χ0v) is 6.53. The molecule has 1 rings (SSSR count). The van der Waals surface area contributed by atoms with Crippen molar-refractivity contribution in [1.82, 2.24) is 0 Å². The van der Waals surface area contributed by atoms with Crippen molar-refractivity contribution in [3.8, 4) is 5.75 Å². The Bertz CT molecular complexity index is 350. The molecule has 0 aliphatic rings.